The van der Waals surface area contributed by atoms with Crippen molar-refractivity contribution in [1.29, 1.82) is 0 Å². The molecule has 1 nitrogen and oxygen atoms in total. The van der Waals surface area contributed by atoms with Crippen molar-refractivity contribution in [2.24, 2.45) is 5.92 Å². The zero-order valence-electron chi connectivity index (χ0n) is 7.88. The largest absolute Gasteiger partial charge is 0.300 e. The number of ketones is 1. The highest BCUT2D eigenvalue weighted by atomic mass is 16.1. The second-order valence-corrected chi connectivity index (χ2v) is 3.64. The second kappa shape index (κ2) is 5.13. The molecule has 0 fully saturated rings. The third-order valence-electron chi connectivity index (χ3n) is 2.42. The van der Waals surface area contributed by atoms with Crippen molar-refractivity contribution in [3.8, 4) is 0 Å². The first-order valence-electron chi connectivity index (χ1n) is 4.99. The lowest BCUT2D eigenvalue weighted by atomic mass is 9.89. The molecular weight excluding hydrogens is 148 g/mol. The van der Waals surface area contributed by atoms with Crippen LogP contribution in [-0.4, -0.2) is 5.78 Å². The number of Topliss-reactive ketones (excluding diaryl/α,β-unsaturated/α-hetero) is 1. The van der Waals surface area contributed by atoms with Gasteiger partial charge in [0.1, 0.15) is 5.78 Å². The number of hydrogen-bond acceptors (Lipinski definition) is 1. The van der Waals surface area contributed by atoms with Gasteiger partial charge in [0.25, 0.3) is 0 Å². The number of hydrogen-bond donors (Lipinski definition) is 0. The van der Waals surface area contributed by atoms with Crippen LogP contribution in [0.15, 0.2) is 12.2 Å². The van der Waals surface area contributed by atoms with Crippen molar-refractivity contribution < 1.29 is 4.79 Å². The quantitative estimate of drug-likeness (QED) is 0.586. The Balaban J connectivity index is 2.21. The number of rotatable bonds is 4. The molecule has 0 N–H and O–H groups in total. The molecule has 0 saturated heterocycles. The summed E-state index contributed by atoms with van der Waals surface area (Å²) in [4.78, 5) is 11.3. The lowest BCUT2D eigenvalue weighted by Gasteiger charge is -2.16. The number of carbonyl (C=O) groups excluding carboxylic acids is 1. The molecule has 0 aromatic rings. The van der Waals surface area contributed by atoms with Crippen LogP contribution >= 0.6 is 0 Å². The van der Waals surface area contributed by atoms with E-state index in [4.69, 9.17) is 0 Å². The van der Waals surface area contributed by atoms with Gasteiger partial charge in [0.15, 0.2) is 0 Å². The summed E-state index contributed by atoms with van der Waals surface area (Å²) in [6.45, 7) is 2.07. The second-order valence-electron chi connectivity index (χ2n) is 3.64. The molecule has 1 unspecified atom stereocenters. The summed E-state index contributed by atoms with van der Waals surface area (Å²) < 4.78 is 0. The summed E-state index contributed by atoms with van der Waals surface area (Å²) in [6, 6.07) is 0. The standard InChI is InChI=1S/C11H18O/c1-2-6-11(12)9-10-7-4-3-5-8-10/h3-4,10H,2,5-9H2,1H3. The molecule has 0 amide bonds. The molecule has 1 aliphatic rings. The van der Waals surface area contributed by atoms with E-state index < -0.39 is 0 Å². The fourth-order valence-corrected chi connectivity index (χ4v) is 1.74. The minimum Gasteiger partial charge on any atom is -0.300 e. The van der Waals surface area contributed by atoms with Gasteiger partial charge in [-0.25, -0.2) is 0 Å². The number of allylic oxidation sites excluding steroid dienone is 2. The summed E-state index contributed by atoms with van der Waals surface area (Å²) in [5, 5.41) is 0. The minimum atomic E-state index is 0.456. The Bertz CT molecular complexity index is 170. The minimum absolute atomic E-state index is 0.456. The maximum atomic E-state index is 11.3. The van der Waals surface area contributed by atoms with Crippen LogP contribution in [-0.2, 0) is 4.79 Å². The molecule has 12 heavy (non-hydrogen) atoms. The van der Waals surface area contributed by atoms with Gasteiger partial charge in [0.05, 0.1) is 0 Å². The molecular formula is C11H18O. The molecule has 0 heterocycles. The highest BCUT2D eigenvalue weighted by Gasteiger charge is 2.13. The van der Waals surface area contributed by atoms with Gasteiger partial charge in [0.2, 0.25) is 0 Å². The van der Waals surface area contributed by atoms with Crippen LogP contribution in [0.5, 0.6) is 0 Å². The van der Waals surface area contributed by atoms with E-state index in [0.717, 1.165) is 25.7 Å². The van der Waals surface area contributed by atoms with Crippen molar-refractivity contribution in [3.63, 3.8) is 0 Å². The van der Waals surface area contributed by atoms with Crippen LogP contribution in [0.3, 0.4) is 0 Å². The molecule has 0 bridgehead atoms. The Kier molecular flexibility index (Phi) is 4.06. The van der Waals surface area contributed by atoms with Crippen LogP contribution in [0.4, 0.5) is 0 Å². The van der Waals surface area contributed by atoms with Crippen LogP contribution in [0.1, 0.15) is 45.4 Å². The third kappa shape index (κ3) is 3.21. The first kappa shape index (κ1) is 9.50. The van der Waals surface area contributed by atoms with Crippen molar-refractivity contribution in [2.75, 3.05) is 0 Å². The maximum absolute atomic E-state index is 11.3. The predicted octanol–water partition coefficient (Wildman–Crippen LogP) is 3.10. The van der Waals surface area contributed by atoms with Crippen LogP contribution in [0.25, 0.3) is 0 Å². The molecule has 1 aliphatic carbocycles. The van der Waals surface area contributed by atoms with E-state index in [0.29, 0.717) is 11.7 Å². The average Bonchev–Trinajstić information content (AvgIpc) is 2.06. The van der Waals surface area contributed by atoms with Gasteiger partial charge in [0, 0.05) is 12.8 Å². The summed E-state index contributed by atoms with van der Waals surface area (Å²) in [6.07, 6.45) is 10.5. The Morgan fingerprint density at radius 1 is 1.50 bits per heavy atom. The van der Waals surface area contributed by atoms with Crippen molar-refractivity contribution in [3.05, 3.63) is 12.2 Å². The summed E-state index contributed by atoms with van der Waals surface area (Å²) >= 11 is 0. The van der Waals surface area contributed by atoms with E-state index in [2.05, 4.69) is 19.1 Å². The normalized spacial score (nSPS) is 22.6. The van der Waals surface area contributed by atoms with Gasteiger partial charge in [-0.2, -0.15) is 0 Å². The van der Waals surface area contributed by atoms with Gasteiger partial charge < -0.3 is 0 Å². The smallest absolute Gasteiger partial charge is 0.133 e. The Hall–Kier alpha value is -0.590. The third-order valence-corrected chi connectivity index (χ3v) is 2.42. The molecule has 0 spiro atoms. The van der Waals surface area contributed by atoms with E-state index in [1.807, 2.05) is 0 Å². The molecule has 0 aromatic carbocycles. The highest BCUT2D eigenvalue weighted by Crippen LogP contribution is 2.22. The Labute approximate surface area is 74.9 Å². The highest BCUT2D eigenvalue weighted by molar-refractivity contribution is 5.78. The van der Waals surface area contributed by atoms with Crippen molar-refractivity contribution in [2.45, 2.75) is 45.4 Å². The van der Waals surface area contributed by atoms with Crippen molar-refractivity contribution in [1.82, 2.24) is 0 Å². The molecule has 1 rings (SSSR count). The lowest BCUT2D eigenvalue weighted by molar-refractivity contribution is -0.120. The van der Waals surface area contributed by atoms with E-state index in [1.54, 1.807) is 0 Å². The van der Waals surface area contributed by atoms with Crippen LogP contribution in [0.2, 0.25) is 0 Å². The SMILES string of the molecule is CCCC(=O)CC1CC=CCC1. The molecule has 0 aliphatic heterocycles. The summed E-state index contributed by atoms with van der Waals surface area (Å²) in [7, 11) is 0. The molecule has 1 heteroatoms. The van der Waals surface area contributed by atoms with Gasteiger partial charge >= 0.3 is 0 Å². The average molecular weight is 166 g/mol. The molecule has 0 aromatic heterocycles. The van der Waals surface area contributed by atoms with Crippen LogP contribution in [0, 0.1) is 5.92 Å². The first-order valence-corrected chi connectivity index (χ1v) is 4.99. The van der Waals surface area contributed by atoms with Gasteiger partial charge in [-0.05, 0) is 31.6 Å². The van der Waals surface area contributed by atoms with E-state index in [9.17, 15) is 4.79 Å². The fourth-order valence-electron chi connectivity index (χ4n) is 1.74. The van der Waals surface area contributed by atoms with Crippen LogP contribution < -0.4 is 0 Å². The molecule has 0 radical (unpaired) electrons. The molecule has 68 valence electrons. The maximum Gasteiger partial charge on any atom is 0.133 e. The van der Waals surface area contributed by atoms with Crippen molar-refractivity contribution >= 4 is 5.78 Å². The summed E-state index contributed by atoms with van der Waals surface area (Å²) in [5.74, 6) is 1.10. The van der Waals surface area contributed by atoms with Gasteiger partial charge in [-0.15, -0.1) is 0 Å². The Morgan fingerprint density at radius 2 is 2.33 bits per heavy atom. The van der Waals surface area contributed by atoms with E-state index >= 15 is 0 Å². The summed E-state index contributed by atoms with van der Waals surface area (Å²) in [5.41, 5.74) is 0. The van der Waals surface area contributed by atoms with Gasteiger partial charge in [-0.3, -0.25) is 4.79 Å². The van der Waals surface area contributed by atoms with E-state index in [-0.39, 0.29) is 0 Å². The van der Waals surface area contributed by atoms with Gasteiger partial charge in [-0.1, -0.05) is 19.1 Å². The lowest BCUT2D eigenvalue weighted by Crippen LogP contribution is -2.09. The first-order chi connectivity index (χ1) is 5.83. The Morgan fingerprint density at radius 3 is 2.92 bits per heavy atom. The zero-order chi connectivity index (χ0) is 8.81. The molecule has 0 saturated carbocycles. The number of carbonyl (C=O) groups is 1. The zero-order valence-corrected chi connectivity index (χ0v) is 7.88. The van der Waals surface area contributed by atoms with E-state index in [1.165, 1.54) is 12.8 Å². The monoisotopic (exact) mass is 166 g/mol. The topological polar surface area (TPSA) is 17.1 Å². The predicted molar refractivity (Wildman–Crippen MR) is 51.0 cm³/mol. The molecule has 1 atom stereocenters. The fraction of sp³-hybridized carbons (Fsp3) is 0.727.